The Morgan fingerprint density at radius 1 is 0.311 bits per heavy atom. The topological polar surface area (TPSA) is 483 Å². The van der Waals surface area contributed by atoms with E-state index in [9.17, 15) is 44.0 Å². The van der Waals surface area contributed by atoms with Crippen LogP contribution >= 0.6 is 23.2 Å². The highest BCUT2D eigenvalue weighted by molar-refractivity contribution is 6.30. The van der Waals surface area contributed by atoms with Gasteiger partial charge in [0.1, 0.15) is 40.5 Å². The number of aromatic nitrogens is 20. The van der Waals surface area contributed by atoms with Crippen LogP contribution in [0.4, 0.5) is 13.2 Å². The quantitative estimate of drug-likeness (QED) is 0.0427. The summed E-state index contributed by atoms with van der Waals surface area (Å²) < 4.78 is 65.7. The number of halogens is 5. The Labute approximate surface area is 753 Å². The number of nitrogens with one attached hydrogen (secondary N) is 8. The number of aromatic amines is 8. The van der Waals surface area contributed by atoms with E-state index in [0.29, 0.717) is 156 Å². The molecule has 5 aromatic carbocycles. The number of benzene rings is 5. The van der Waals surface area contributed by atoms with Crippen molar-refractivity contribution in [3.05, 3.63) is 395 Å². The molecule has 0 spiro atoms. The Kier molecular flexibility index (Phi) is 23.2. The zero-order valence-corrected chi connectivity index (χ0v) is 73.3. The second kappa shape index (κ2) is 34.7. The van der Waals surface area contributed by atoms with Crippen molar-refractivity contribution in [2.45, 2.75) is 98.6 Å². The fourth-order valence-corrected chi connectivity index (χ4v) is 17.0. The molecular weight excluding hydrogens is 1740 g/mol. The molecule has 0 radical (unpaired) electrons. The first-order chi connectivity index (χ1) is 63.1. The first-order valence-corrected chi connectivity index (χ1v) is 41.4. The Morgan fingerprint density at radius 2 is 0.629 bits per heavy atom. The Hall–Kier alpha value is -15.8. The van der Waals surface area contributed by atoms with Crippen molar-refractivity contribution in [1.29, 1.82) is 0 Å². The summed E-state index contributed by atoms with van der Waals surface area (Å²) in [6.07, 6.45) is 12.7. The Bertz CT molecular complexity index is 7620. The molecule has 0 saturated carbocycles. The van der Waals surface area contributed by atoms with Crippen LogP contribution in [0.3, 0.4) is 0 Å². The minimum atomic E-state index is -2.45. The van der Waals surface area contributed by atoms with E-state index in [0.717, 1.165) is 57.3 Å². The lowest BCUT2D eigenvalue weighted by molar-refractivity contribution is 0.112. The maximum atomic E-state index is 15.3. The van der Waals surface area contributed by atoms with E-state index >= 15 is 8.78 Å². The minimum Gasteiger partial charge on any atom is -0.374 e. The van der Waals surface area contributed by atoms with Gasteiger partial charge in [-0.3, -0.25) is 39.9 Å². The number of hydrogen-bond donors (Lipinski definition) is 12. The molecule has 0 amide bonds. The molecule has 0 aliphatic heterocycles. The lowest BCUT2D eigenvalue weighted by Gasteiger charge is -2.30. The Morgan fingerprint density at radius 3 is 0.909 bits per heavy atom. The summed E-state index contributed by atoms with van der Waals surface area (Å²) in [4.78, 5) is 106. The molecule has 20 rings (SSSR count). The highest BCUT2D eigenvalue weighted by Crippen LogP contribution is 2.48. The third-order valence-electron chi connectivity index (χ3n) is 22.7. The number of rotatable bonds is 16. The molecule has 0 bridgehead atoms. The fraction of sp³-hybridized carbons (Fsp3) is 0.158. The van der Waals surface area contributed by atoms with Crippen molar-refractivity contribution in [3.63, 3.8) is 0 Å². The van der Waals surface area contributed by atoms with Crippen LogP contribution in [0.5, 0.6) is 0 Å². The van der Waals surface area contributed by atoms with Crippen molar-refractivity contribution < 1.29 is 51.7 Å². The number of H-pyrrole nitrogens is 8. The summed E-state index contributed by atoms with van der Waals surface area (Å²) >= 11 is 12.1. The van der Waals surface area contributed by atoms with Gasteiger partial charge >= 0.3 is 22.8 Å². The SMILES string of the molecule is Cc1cc(F)c(C(O)(c2cnccn2)c2cc(-c3c(C)noc3C)cc3[nH]c(=O)[nH]c23)c(F)c1.Cc1ccc(C(O)(c2ccc(Cl)cn2)c2cc(-c3c(C)noc3C)cc3[nH]c(=O)[nH]c23)nc1.Cc1ccc(C(O)(c2ccc(F)cn2)c2cc(-c3c(C)noc3C)cc3[nH]c(=O)[nH]c23)nc1.Cc1noc(C)c1-c1cc(C(O)(c2ccccn2)c2ccc(Cl)cn2)c2[nH]c(=O)[nH]c2c1. The second-order valence-corrected chi connectivity index (χ2v) is 32.5. The summed E-state index contributed by atoms with van der Waals surface area (Å²) in [5, 5.41) is 66.0. The van der Waals surface area contributed by atoms with Crippen LogP contribution in [-0.2, 0) is 22.4 Å². The first-order valence-electron chi connectivity index (χ1n) is 40.7. The van der Waals surface area contributed by atoms with E-state index in [1.807, 2.05) is 72.7 Å². The summed E-state index contributed by atoms with van der Waals surface area (Å²) in [5.74, 6) is -0.153. The number of pyridine rings is 6. The van der Waals surface area contributed by atoms with Gasteiger partial charge in [0.25, 0.3) is 0 Å². The molecule has 15 heterocycles. The van der Waals surface area contributed by atoms with Crippen molar-refractivity contribution in [1.82, 2.24) is 100 Å². The number of aliphatic hydroxyl groups is 4. The molecule has 20 aromatic rings. The van der Waals surface area contributed by atoms with Crippen molar-refractivity contribution in [2.24, 2.45) is 0 Å². The lowest BCUT2D eigenvalue weighted by Crippen LogP contribution is -2.33. The van der Waals surface area contributed by atoms with Crippen molar-refractivity contribution in [3.8, 4) is 44.5 Å². The summed E-state index contributed by atoms with van der Waals surface area (Å²) in [7, 11) is 0. The molecular formula is C95H77Cl2F3N20O12. The van der Waals surface area contributed by atoms with E-state index < -0.39 is 68.2 Å². The van der Waals surface area contributed by atoms with Gasteiger partial charge in [-0.15, -0.1) is 0 Å². The molecule has 32 nitrogen and oxygen atoms in total. The van der Waals surface area contributed by atoms with Crippen molar-refractivity contribution >= 4 is 67.3 Å². The van der Waals surface area contributed by atoms with E-state index in [-0.39, 0.29) is 28.2 Å². The molecule has 0 aliphatic carbocycles. The first kappa shape index (κ1) is 88.2. The number of hydrogen-bond acceptors (Lipinski definition) is 24. The Balaban J connectivity index is 0.000000123. The fourth-order valence-electron chi connectivity index (χ4n) is 16.7. The molecule has 37 heteroatoms. The van der Waals surface area contributed by atoms with Crippen molar-refractivity contribution in [2.75, 3.05) is 0 Å². The van der Waals surface area contributed by atoms with Gasteiger partial charge in [0.05, 0.1) is 135 Å². The average molecular weight is 1820 g/mol. The lowest BCUT2D eigenvalue weighted by atomic mass is 9.80. The van der Waals surface area contributed by atoms with Gasteiger partial charge in [-0.1, -0.05) is 62.0 Å². The van der Waals surface area contributed by atoms with Crippen LogP contribution in [0.25, 0.3) is 88.6 Å². The van der Waals surface area contributed by atoms with Gasteiger partial charge in [0.2, 0.25) is 0 Å². The monoisotopic (exact) mass is 1820 g/mol. The van der Waals surface area contributed by atoms with E-state index in [4.69, 9.17) is 41.3 Å². The van der Waals surface area contributed by atoms with Gasteiger partial charge in [0, 0.05) is 87.9 Å². The largest absolute Gasteiger partial charge is 0.374 e. The average Bonchev–Trinajstić information content (AvgIpc) is 1.46. The zero-order valence-electron chi connectivity index (χ0n) is 71.8. The van der Waals surface area contributed by atoms with Gasteiger partial charge in [0.15, 0.2) is 22.4 Å². The number of aryl methyl sites for hydroxylation is 11. The van der Waals surface area contributed by atoms with E-state index in [1.165, 1.54) is 56.1 Å². The van der Waals surface area contributed by atoms with Crippen LogP contribution < -0.4 is 22.8 Å². The molecule has 664 valence electrons. The summed E-state index contributed by atoms with van der Waals surface area (Å²) in [5.41, 5.74) is 5.96. The molecule has 0 aliphatic rings. The highest BCUT2D eigenvalue weighted by Gasteiger charge is 2.46. The van der Waals surface area contributed by atoms with Gasteiger partial charge < -0.3 is 78.4 Å². The molecule has 4 atom stereocenters. The van der Waals surface area contributed by atoms with Crippen LogP contribution in [0.15, 0.2) is 233 Å². The van der Waals surface area contributed by atoms with Crippen LogP contribution in [0.1, 0.15) is 130 Å². The standard InChI is InChI=1S/C24H20ClN5O3.C24H19F2N5O3.C24H20FN5O3.C23H18ClN5O3/c1-12-4-6-19(26-10-12)24(32,20-7-5-16(25)11-27-20)17-8-15(21-13(2)30-33-14(21)3)9-18-22(17)29-23(31)28-18;1-11-6-16(25)21(17(26)7-11)24(33,19-10-27-4-5-28-19)15-8-14(20-12(2)31-34-13(20)3)9-18-22(15)30-23(32)29-18;1-12-4-6-19(26-10-12)24(32,20-7-5-16(25)11-27-20)17-8-15(21-13(2)30-33-14(21)3)9-18-22(17)29-23(31)28-18;1-12-20(13(2)32-29-12)14-9-16(21-17(10-14)27-22(30)28-21)23(31,18-5-3-4-8-25-18)19-7-6-15(24)11-26-19/h4-11,32H,1-3H3,(H2,28,29,31);4-10,33H,1-3H3,(H2,29,30,32);4-11,32H,1-3H3,(H2,28,29,31);3-11,31H,1-2H3,(H2,27,28,30). The van der Waals surface area contributed by atoms with Crippen LogP contribution in [0.2, 0.25) is 10.0 Å². The van der Waals surface area contributed by atoms with E-state index in [1.54, 1.807) is 124 Å². The maximum absolute atomic E-state index is 15.3. The second-order valence-electron chi connectivity index (χ2n) is 31.7. The molecule has 12 N–H and O–H groups in total. The minimum absolute atomic E-state index is 0.000466. The predicted octanol–water partition coefficient (Wildman–Crippen LogP) is 15.5. The predicted molar refractivity (Wildman–Crippen MR) is 482 cm³/mol. The third-order valence-corrected chi connectivity index (χ3v) is 23.2. The van der Waals surface area contributed by atoms with Crippen LogP contribution in [-0.4, -0.2) is 121 Å². The van der Waals surface area contributed by atoms with Gasteiger partial charge in [-0.2, -0.15) is 0 Å². The smallest absolute Gasteiger partial charge is 0.323 e. The molecule has 0 fully saturated rings. The molecule has 0 saturated heterocycles. The normalized spacial score (nSPS) is 13.4. The number of nitrogens with zero attached hydrogens (tertiary/aromatic N) is 12. The number of fused-ring (bicyclic) bond motifs is 4. The highest BCUT2D eigenvalue weighted by atomic mass is 35.5. The van der Waals surface area contributed by atoms with Crippen LogP contribution in [0, 0.1) is 93.6 Å². The number of imidazole rings is 4. The molecule has 132 heavy (non-hydrogen) atoms. The summed E-state index contributed by atoms with van der Waals surface area (Å²) in [6, 6.07) is 37.7. The summed E-state index contributed by atoms with van der Waals surface area (Å²) in [6.45, 7) is 19.7. The van der Waals surface area contributed by atoms with Gasteiger partial charge in [-0.05, 0) is 236 Å². The maximum Gasteiger partial charge on any atom is 0.323 e. The van der Waals surface area contributed by atoms with E-state index in [2.05, 4.69) is 100 Å². The molecule has 4 unspecified atom stereocenters. The molecule has 15 aromatic heterocycles. The zero-order chi connectivity index (χ0) is 93.3. The third kappa shape index (κ3) is 16.0. The van der Waals surface area contributed by atoms with Gasteiger partial charge in [-0.25, -0.2) is 32.3 Å².